The van der Waals surface area contributed by atoms with Crippen LogP contribution in [0.4, 0.5) is 4.79 Å². The normalized spacial score (nSPS) is 25.5. The van der Waals surface area contributed by atoms with E-state index in [0.29, 0.717) is 11.8 Å². The largest absolute Gasteiger partial charge is 0.444 e. The molecule has 0 aromatic rings. The molecule has 2 atom stereocenters. The van der Waals surface area contributed by atoms with Gasteiger partial charge in [-0.15, -0.1) is 6.58 Å². The lowest BCUT2D eigenvalue weighted by Gasteiger charge is -2.37. The lowest BCUT2D eigenvalue weighted by atomic mass is 9.87. The number of carbonyl (C=O) groups is 1. The number of amides is 1. The van der Waals surface area contributed by atoms with Crippen LogP contribution >= 0.6 is 22.6 Å². The fourth-order valence-corrected chi connectivity index (χ4v) is 3.08. The Morgan fingerprint density at radius 2 is 2.24 bits per heavy atom. The van der Waals surface area contributed by atoms with Crippen molar-refractivity contribution in [1.29, 1.82) is 0 Å². The van der Waals surface area contributed by atoms with Gasteiger partial charge in [-0.05, 0) is 39.0 Å². The molecule has 1 amide bonds. The molecule has 1 rings (SSSR count). The van der Waals surface area contributed by atoms with E-state index in [9.17, 15) is 4.79 Å². The van der Waals surface area contributed by atoms with Crippen LogP contribution in [-0.4, -0.2) is 34.1 Å². The Morgan fingerprint density at radius 1 is 1.59 bits per heavy atom. The van der Waals surface area contributed by atoms with E-state index in [1.165, 1.54) is 0 Å². The average molecular weight is 351 g/mol. The molecule has 1 aliphatic rings. The number of ether oxygens (including phenoxy) is 1. The molecule has 1 heterocycles. The minimum absolute atomic E-state index is 0.198. The first-order valence-corrected chi connectivity index (χ1v) is 7.56. The van der Waals surface area contributed by atoms with Crippen molar-refractivity contribution >= 4 is 28.7 Å². The first kappa shape index (κ1) is 14.8. The maximum atomic E-state index is 11.9. The predicted octanol–water partition coefficient (Wildman–Crippen LogP) is 3.48. The van der Waals surface area contributed by atoms with Crippen LogP contribution in [0.2, 0.25) is 0 Å². The zero-order valence-electron chi connectivity index (χ0n) is 10.9. The summed E-state index contributed by atoms with van der Waals surface area (Å²) in [5, 5.41) is 0. The van der Waals surface area contributed by atoms with Crippen LogP contribution in [0.15, 0.2) is 12.7 Å². The maximum Gasteiger partial charge on any atom is 0.410 e. The van der Waals surface area contributed by atoms with Gasteiger partial charge in [0.15, 0.2) is 0 Å². The molecule has 0 unspecified atom stereocenters. The van der Waals surface area contributed by atoms with Crippen molar-refractivity contribution in [2.75, 3.05) is 17.5 Å². The number of carbonyl (C=O) groups excluding carboxylic acids is 1. The summed E-state index contributed by atoms with van der Waals surface area (Å²) in [5.74, 6) is 1.04. The lowest BCUT2D eigenvalue weighted by molar-refractivity contribution is 0.0150. The molecule has 1 fully saturated rings. The average Bonchev–Trinajstić information content (AvgIpc) is 2.25. The van der Waals surface area contributed by atoms with Crippen LogP contribution in [0.3, 0.4) is 0 Å². The Kier molecular flexibility index (Phi) is 5.28. The van der Waals surface area contributed by atoms with E-state index in [4.69, 9.17) is 4.74 Å². The van der Waals surface area contributed by atoms with Gasteiger partial charge in [0.1, 0.15) is 5.60 Å². The Bertz CT molecular complexity index is 286. The van der Waals surface area contributed by atoms with Crippen molar-refractivity contribution in [3.05, 3.63) is 12.7 Å². The second kappa shape index (κ2) is 6.07. The third kappa shape index (κ3) is 4.48. The van der Waals surface area contributed by atoms with Gasteiger partial charge < -0.3 is 9.64 Å². The Hall–Kier alpha value is -0.260. The van der Waals surface area contributed by atoms with Crippen molar-refractivity contribution in [3.8, 4) is 0 Å². The molecule has 0 aliphatic carbocycles. The third-order valence-electron chi connectivity index (χ3n) is 2.96. The van der Waals surface area contributed by atoms with Crippen molar-refractivity contribution in [2.24, 2.45) is 11.8 Å². The van der Waals surface area contributed by atoms with E-state index in [0.717, 1.165) is 23.9 Å². The highest BCUT2D eigenvalue weighted by molar-refractivity contribution is 14.1. The van der Waals surface area contributed by atoms with Gasteiger partial charge in [0.2, 0.25) is 0 Å². The number of likely N-dealkylation sites (tertiary alicyclic amines) is 1. The molecule has 0 aromatic carbocycles. The maximum absolute atomic E-state index is 11.9. The standard InChI is InChI=1S/C13H22INO2/c1-5-10-9-15(7-6-11(10)8-14)12(16)17-13(2,3)4/h5,10-11H,1,6-9H2,2-4H3/t10-,11-/m0/s1. The minimum atomic E-state index is -0.416. The molecule has 0 N–H and O–H groups in total. The Labute approximate surface area is 118 Å². The van der Waals surface area contributed by atoms with E-state index >= 15 is 0 Å². The smallest absolute Gasteiger partial charge is 0.410 e. The van der Waals surface area contributed by atoms with Crippen LogP contribution in [0.25, 0.3) is 0 Å². The van der Waals surface area contributed by atoms with E-state index in [1.54, 1.807) is 4.90 Å². The van der Waals surface area contributed by atoms with Gasteiger partial charge >= 0.3 is 6.09 Å². The number of alkyl halides is 1. The molecule has 0 saturated carbocycles. The fourth-order valence-electron chi connectivity index (χ4n) is 1.98. The summed E-state index contributed by atoms with van der Waals surface area (Å²) in [6.07, 6.45) is 2.81. The van der Waals surface area contributed by atoms with Crippen molar-refractivity contribution < 1.29 is 9.53 Å². The second-order valence-corrected chi connectivity index (χ2v) is 6.41. The van der Waals surface area contributed by atoms with Crippen LogP contribution in [0, 0.1) is 11.8 Å². The van der Waals surface area contributed by atoms with Gasteiger partial charge in [-0.1, -0.05) is 28.7 Å². The molecular formula is C13H22INO2. The van der Waals surface area contributed by atoms with Crippen LogP contribution < -0.4 is 0 Å². The molecule has 1 saturated heterocycles. The van der Waals surface area contributed by atoms with E-state index in [-0.39, 0.29) is 6.09 Å². The third-order valence-corrected chi connectivity index (χ3v) is 4.09. The van der Waals surface area contributed by atoms with Crippen LogP contribution in [0.5, 0.6) is 0 Å². The molecule has 17 heavy (non-hydrogen) atoms. The van der Waals surface area contributed by atoms with Gasteiger partial charge in [0, 0.05) is 17.5 Å². The summed E-state index contributed by atoms with van der Waals surface area (Å²) < 4.78 is 6.51. The van der Waals surface area contributed by atoms with Crippen molar-refractivity contribution in [3.63, 3.8) is 0 Å². The summed E-state index contributed by atoms with van der Waals surface area (Å²) in [4.78, 5) is 13.7. The van der Waals surface area contributed by atoms with Crippen molar-refractivity contribution in [1.82, 2.24) is 4.90 Å². The van der Waals surface area contributed by atoms with E-state index < -0.39 is 5.60 Å². The highest BCUT2D eigenvalue weighted by atomic mass is 127. The lowest BCUT2D eigenvalue weighted by Crippen LogP contribution is -2.45. The molecule has 0 spiro atoms. The SMILES string of the molecule is C=C[C@H]1CN(C(=O)OC(C)(C)C)CC[C@H]1CI. The molecule has 3 nitrogen and oxygen atoms in total. The summed E-state index contributed by atoms with van der Waals surface area (Å²) >= 11 is 2.41. The number of halogens is 1. The highest BCUT2D eigenvalue weighted by Gasteiger charge is 2.31. The highest BCUT2D eigenvalue weighted by Crippen LogP contribution is 2.27. The topological polar surface area (TPSA) is 29.5 Å². The molecule has 0 radical (unpaired) electrons. The molecule has 4 heteroatoms. The van der Waals surface area contributed by atoms with E-state index in [2.05, 4.69) is 29.2 Å². The molecule has 1 aliphatic heterocycles. The molecule has 0 aromatic heterocycles. The van der Waals surface area contributed by atoms with Crippen LogP contribution in [0.1, 0.15) is 27.2 Å². The summed E-state index contributed by atoms with van der Waals surface area (Å²) in [6, 6.07) is 0. The van der Waals surface area contributed by atoms with Crippen LogP contribution in [-0.2, 0) is 4.74 Å². The number of rotatable bonds is 2. The van der Waals surface area contributed by atoms with Gasteiger partial charge in [-0.3, -0.25) is 0 Å². The minimum Gasteiger partial charge on any atom is -0.444 e. The Morgan fingerprint density at radius 3 is 2.71 bits per heavy atom. The fraction of sp³-hybridized carbons (Fsp3) is 0.769. The van der Waals surface area contributed by atoms with Crippen molar-refractivity contribution in [2.45, 2.75) is 32.8 Å². The second-order valence-electron chi connectivity index (χ2n) is 5.53. The number of hydrogen-bond donors (Lipinski definition) is 0. The zero-order valence-corrected chi connectivity index (χ0v) is 13.1. The number of piperidine rings is 1. The Balaban J connectivity index is 2.57. The summed E-state index contributed by atoms with van der Waals surface area (Å²) in [5.41, 5.74) is -0.416. The first-order chi connectivity index (χ1) is 7.87. The van der Waals surface area contributed by atoms with E-state index in [1.807, 2.05) is 26.8 Å². The monoisotopic (exact) mass is 351 g/mol. The summed E-state index contributed by atoms with van der Waals surface area (Å²) in [6.45, 7) is 11.1. The quantitative estimate of drug-likeness (QED) is 0.433. The first-order valence-electron chi connectivity index (χ1n) is 6.04. The van der Waals surface area contributed by atoms with Gasteiger partial charge in [-0.2, -0.15) is 0 Å². The molecule has 0 bridgehead atoms. The predicted molar refractivity (Wildman–Crippen MR) is 78.5 cm³/mol. The number of nitrogens with zero attached hydrogens (tertiary/aromatic N) is 1. The van der Waals surface area contributed by atoms with Gasteiger partial charge in [-0.25, -0.2) is 4.79 Å². The van der Waals surface area contributed by atoms with Gasteiger partial charge in [0.25, 0.3) is 0 Å². The summed E-state index contributed by atoms with van der Waals surface area (Å²) in [7, 11) is 0. The van der Waals surface area contributed by atoms with Gasteiger partial charge in [0.05, 0.1) is 0 Å². The molecule has 98 valence electrons. The number of hydrogen-bond acceptors (Lipinski definition) is 2. The zero-order chi connectivity index (χ0) is 13.1. The molecular weight excluding hydrogens is 329 g/mol.